The predicted molar refractivity (Wildman–Crippen MR) is 116 cm³/mol. The van der Waals surface area contributed by atoms with Crippen LogP contribution in [-0.4, -0.2) is 68.4 Å². The first-order valence-electron chi connectivity index (χ1n) is 10.0. The number of amides is 1. The maximum Gasteiger partial charge on any atom is 0.338 e. The number of H-pyrrole nitrogens is 1. The van der Waals surface area contributed by atoms with Crippen molar-refractivity contribution in [2.24, 2.45) is 0 Å². The summed E-state index contributed by atoms with van der Waals surface area (Å²) in [5.74, 6) is -0.0102. The molecular weight excluding hydrogens is 424 g/mol. The molecule has 2 N–H and O–H groups in total. The number of hydrogen-bond acceptors (Lipinski definition) is 7. The zero-order valence-electron chi connectivity index (χ0n) is 18.0. The fraction of sp³-hybridized carbons (Fsp3) is 0.476. The van der Waals surface area contributed by atoms with Crippen molar-refractivity contribution in [3.63, 3.8) is 0 Å². The molecule has 9 nitrogen and oxygen atoms in total. The first-order chi connectivity index (χ1) is 14.9. The highest BCUT2D eigenvalue weighted by molar-refractivity contribution is 6.30. The second-order valence-corrected chi connectivity index (χ2v) is 7.57. The first kappa shape index (κ1) is 22.9. The van der Waals surface area contributed by atoms with Crippen molar-refractivity contribution in [3.05, 3.63) is 40.4 Å². The molecule has 1 amide bonds. The lowest BCUT2D eigenvalue weighted by Gasteiger charge is -2.39. The average Bonchev–Trinajstić information content (AvgIpc) is 3.19. The highest BCUT2D eigenvalue weighted by Gasteiger charge is 2.32. The van der Waals surface area contributed by atoms with Crippen molar-refractivity contribution in [1.82, 2.24) is 15.3 Å². The predicted octanol–water partition coefficient (Wildman–Crippen LogP) is 2.44. The van der Waals surface area contributed by atoms with Crippen LogP contribution in [0.2, 0.25) is 5.15 Å². The number of nitrogens with one attached hydrogen (secondary N) is 2. The number of imidazole rings is 1. The van der Waals surface area contributed by atoms with Crippen LogP contribution >= 0.6 is 11.6 Å². The second kappa shape index (κ2) is 10.0. The van der Waals surface area contributed by atoms with Crippen molar-refractivity contribution in [2.45, 2.75) is 31.9 Å². The molecule has 1 saturated heterocycles. The lowest BCUT2D eigenvalue weighted by molar-refractivity contribution is 0.0537. The Morgan fingerprint density at radius 1 is 1.29 bits per heavy atom. The van der Waals surface area contributed by atoms with Gasteiger partial charge >= 0.3 is 5.97 Å². The molecule has 1 aromatic heterocycles. The average molecular weight is 451 g/mol. The van der Waals surface area contributed by atoms with E-state index in [4.69, 9.17) is 25.8 Å². The van der Waals surface area contributed by atoms with Gasteiger partial charge in [-0.3, -0.25) is 4.79 Å². The molecule has 0 spiro atoms. The van der Waals surface area contributed by atoms with Crippen LogP contribution in [0.5, 0.6) is 5.75 Å². The van der Waals surface area contributed by atoms with E-state index in [9.17, 15) is 9.59 Å². The molecule has 168 valence electrons. The summed E-state index contributed by atoms with van der Waals surface area (Å²) in [6.45, 7) is 3.11. The van der Waals surface area contributed by atoms with Gasteiger partial charge in [0, 0.05) is 32.0 Å². The number of hydrogen-bond donors (Lipinski definition) is 2. The van der Waals surface area contributed by atoms with Crippen LogP contribution in [0.25, 0.3) is 0 Å². The van der Waals surface area contributed by atoms with Crippen molar-refractivity contribution < 1.29 is 23.8 Å². The molecule has 2 atom stereocenters. The third-order valence-electron chi connectivity index (χ3n) is 5.39. The van der Waals surface area contributed by atoms with E-state index >= 15 is 0 Å². The number of halogens is 1. The smallest absolute Gasteiger partial charge is 0.338 e. The van der Waals surface area contributed by atoms with Gasteiger partial charge in [-0.15, -0.1) is 0 Å². The SMILES string of the molecule is CCc1[nH]c(C(=O)N[C@@H]2CCN(c3cc(OC)cc(C(=O)OC)c3)C[C@@H]2OC)nc1Cl. The molecule has 1 aromatic carbocycles. The molecule has 2 heterocycles. The largest absolute Gasteiger partial charge is 0.497 e. The summed E-state index contributed by atoms with van der Waals surface area (Å²) in [5, 5.41) is 3.30. The van der Waals surface area contributed by atoms with Gasteiger partial charge in [-0.05, 0) is 25.0 Å². The lowest BCUT2D eigenvalue weighted by atomic mass is 10.00. The Balaban J connectivity index is 1.73. The summed E-state index contributed by atoms with van der Waals surface area (Å²) in [4.78, 5) is 33.8. The number of anilines is 1. The Labute approximate surface area is 186 Å². The van der Waals surface area contributed by atoms with E-state index in [1.54, 1.807) is 26.4 Å². The number of aryl methyl sites for hydroxylation is 1. The van der Waals surface area contributed by atoms with Crippen molar-refractivity contribution in [3.8, 4) is 5.75 Å². The van der Waals surface area contributed by atoms with Crippen molar-refractivity contribution in [1.29, 1.82) is 0 Å². The summed E-state index contributed by atoms with van der Waals surface area (Å²) in [7, 11) is 4.49. The number of aromatic nitrogens is 2. The summed E-state index contributed by atoms with van der Waals surface area (Å²) in [6.07, 6.45) is 1.04. The molecule has 2 aromatic rings. The molecule has 0 radical (unpaired) electrons. The van der Waals surface area contributed by atoms with Crippen LogP contribution < -0.4 is 15.0 Å². The number of nitrogens with zero attached hydrogens (tertiary/aromatic N) is 2. The summed E-state index contributed by atoms with van der Waals surface area (Å²) in [6, 6.07) is 5.05. The van der Waals surface area contributed by atoms with Gasteiger partial charge in [0.2, 0.25) is 0 Å². The Morgan fingerprint density at radius 3 is 2.68 bits per heavy atom. The summed E-state index contributed by atoms with van der Waals surface area (Å²) >= 11 is 6.05. The zero-order chi connectivity index (χ0) is 22.5. The van der Waals surface area contributed by atoms with Gasteiger partial charge in [0.1, 0.15) is 5.75 Å². The molecule has 1 aliphatic heterocycles. The number of benzene rings is 1. The van der Waals surface area contributed by atoms with Crippen LogP contribution in [-0.2, 0) is 15.9 Å². The standard InChI is InChI=1S/C21H27ClN4O5/c1-5-15-18(22)25-19(23-15)20(27)24-16-6-7-26(11-17(16)30-3)13-8-12(21(28)31-4)9-14(10-13)29-2/h8-10,16-17H,5-7,11H2,1-4H3,(H,23,25)(H,24,27)/t16-,17+/m1/s1. The van der Waals surface area contributed by atoms with E-state index in [0.29, 0.717) is 42.4 Å². The van der Waals surface area contributed by atoms with E-state index in [-0.39, 0.29) is 23.9 Å². The molecule has 31 heavy (non-hydrogen) atoms. The molecule has 0 saturated carbocycles. The molecule has 3 rings (SSSR count). The molecule has 0 unspecified atom stereocenters. The topological polar surface area (TPSA) is 106 Å². The monoisotopic (exact) mass is 450 g/mol. The minimum absolute atomic E-state index is 0.189. The highest BCUT2D eigenvalue weighted by atomic mass is 35.5. The fourth-order valence-electron chi connectivity index (χ4n) is 3.64. The molecule has 0 bridgehead atoms. The maximum atomic E-state index is 12.6. The number of methoxy groups -OCH3 is 3. The lowest BCUT2D eigenvalue weighted by Crippen LogP contribution is -2.55. The number of esters is 1. The van der Waals surface area contributed by atoms with Gasteiger partial charge in [-0.25, -0.2) is 9.78 Å². The Morgan fingerprint density at radius 2 is 2.06 bits per heavy atom. The fourth-order valence-corrected chi connectivity index (χ4v) is 3.91. The van der Waals surface area contributed by atoms with E-state index < -0.39 is 5.97 Å². The van der Waals surface area contributed by atoms with Gasteiger partial charge in [-0.1, -0.05) is 18.5 Å². The minimum atomic E-state index is -0.436. The Hall–Kier alpha value is -2.78. The number of carbonyl (C=O) groups is 2. The molecule has 10 heteroatoms. The van der Waals surface area contributed by atoms with Gasteiger partial charge in [0.05, 0.1) is 37.6 Å². The minimum Gasteiger partial charge on any atom is -0.497 e. The number of ether oxygens (including phenoxy) is 3. The normalized spacial score (nSPS) is 18.5. The second-order valence-electron chi connectivity index (χ2n) is 7.21. The molecule has 1 fully saturated rings. The number of piperidine rings is 1. The van der Waals surface area contributed by atoms with Crippen LogP contribution in [0.15, 0.2) is 18.2 Å². The van der Waals surface area contributed by atoms with Crippen LogP contribution in [0.1, 0.15) is 40.0 Å². The number of rotatable bonds is 7. The van der Waals surface area contributed by atoms with Crippen LogP contribution in [0, 0.1) is 0 Å². The van der Waals surface area contributed by atoms with Gasteiger partial charge in [-0.2, -0.15) is 0 Å². The Bertz CT molecular complexity index is 948. The third-order valence-corrected chi connectivity index (χ3v) is 5.70. The van der Waals surface area contributed by atoms with E-state index in [1.807, 2.05) is 13.0 Å². The summed E-state index contributed by atoms with van der Waals surface area (Å²) in [5.41, 5.74) is 1.95. The van der Waals surface area contributed by atoms with E-state index in [1.165, 1.54) is 7.11 Å². The quantitative estimate of drug-likeness (QED) is 0.624. The highest BCUT2D eigenvalue weighted by Crippen LogP contribution is 2.28. The molecule has 0 aliphatic carbocycles. The maximum absolute atomic E-state index is 12.6. The first-order valence-corrected chi connectivity index (χ1v) is 10.4. The summed E-state index contributed by atoms with van der Waals surface area (Å²) < 4.78 is 15.8. The molecular formula is C21H27ClN4O5. The zero-order valence-corrected chi connectivity index (χ0v) is 18.8. The Kier molecular flexibility index (Phi) is 7.40. The van der Waals surface area contributed by atoms with Gasteiger partial charge in [0.25, 0.3) is 5.91 Å². The van der Waals surface area contributed by atoms with E-state index in [0.717, 1.165) is 11.4 Å². The number of aromatic amines is 1. The van der Waals surface area contributed by atoms with E-state index in [2.05, 4.69) is 20.2 Å². The van der Waals surface area contributed by atoms with Gasteiger partial charge < -0.3 is 29.4 Å². The third kappa shape index (κ3) is 5.11. The van der Waals surface area contributed by atoms with Crippen LogP contribution in [0.3, 0.4) is 0 Å². The molecule has 1 aliphatic rings. The van der Waals surface area contributed by atoms with Gasteiger partial charge in [0.15, 0.2) is 11.0 Å². The van der Waals surface area contributed by atoms with Crippen molar-refractivity contribution >= 4 is 29.2 Å². The van der Waals surface area contributed by atoms with Crippen LogP contribution in [0.4, 0.5) is 5.69 Å². The number of carbonyl (C=O) groups excluding carboxylic acids is 2. The van der Waals surface area contributed by atoms with Crippen molar-refractivity contribution in [2.75, 3.05) is 39.3 Å².